The van der Waals surface area contributed by atoms with Crippen LogP contribution < -0.4 is 0 Å². The van der Waals surface area contributed by atoms with Crippen molar-refractivity contribution in [2.75, 3.05) is 12.9 Å². The highest BCUT2D eigenvalue weighted by Crippen LogP contribution is 2.33. The van der Waals surface area contributed by atoms with Crippen LogP contribution >= 0.6 is 11.3 Å². The zero-order chi connectivity index (χ0) is 19.6. The van der Waals surface area contributed by atoms with E-state index in [1.807, 2.05) is 43.3 Å². The Morgan fingerprint density at radius 3 is 2.59 bits per heavy atom. The third-order valence-electron chi connectivity index (χ3n) is 4.08. The summed E-state index contributed by atoms with van der Waals surface area (Å²) in [5, 5.41) is 6.08. The van der Waals surface area contributed by atoms with Crippen molar-refractivity contribution in [2.24, 2.45) is 0 Å². The standard InChI is InChI=1S/C19H20N2O4S2/c1-4-10-27(23,24)16-12-26-18(19(22)25-3)17(16)21-13(2)11-15(20-21)14-8-6-5-7-9-14/h5-9,11-12H,4,10H2,1-3H3. The molecule has 0 aliphatic carbocycles. The van der Waals surface area contributed by atoms with Crippen molar-refractivity contribution < 1.29 is 17.9 Å². The number of ether oxygens (including phenoxy) is 1. The summed E-state index contributed by atoms with van der Waals surface area (Å²) in [5.74, 6) is -0.576. The lowest BCUT2D eigenvalue weighted by molar-refractivity contribution is 0.0606. The number of rotatable bonds is 6. The van der Waals surface area contributed by atoms with Gasteiger partial charge in [-0.2, -0.15) is 5.10 Å². The minimum absolute atomic E-state index is 0.00318. The molecule has 0 aliphatic heterocycles. The fourth-order valence-corrected chi connectivity index (χ4v) is 5.68. The van der Waals surface area contributed by atoms with Gasteiger partial charge in [0, 0.05) is 16.6 Å². The molecule has 0 radical (unpaired) electrons. The quantitative estimate of drug-likeness (QED) is 0.583. The number of thiophene rings is 1. The van der Waals surface area contributed by atoms with Gasteiger partial charge >= 0.3 is 5.97 Å². The maximum atomic E-state index is 12.8. The molecule has 2 aromatic heterocycles. The lowest BCUT2D eigenvalue weighted by atomic mass is 10.1. The minimum atomic E-state index is -3.54. The second-order valence-electron chi connectivity index (χ2n) is 6.04. The van der Waals surface area contributed by atoms with Gasteiger partial charge in [-0.3, -0.25) is 0 Å². The number of methoxy groups -OCH3 is 1. The maximum Gasteiger partial charge on any atom is 0.350 e. The van der Waals surface area contributed by atoms with Crippen molar-refractivity contribution in [1.82, 2.24) is 9.78 Å². The molecule has 142 valence electrons. The van der Waals surface area contributed by atoms with E-state index >= 15 is 0 Å². The van der Waals surface area contributed by atoms with Crippen LogP contribution in [0.2, 0.25) is 0 Å². The first-order valence-corrected chi connectivity index (χ1v) is 11.0. The first kappa shape index (κ1) is 19.3. The number of aryl methyl sites for hydroxylation is 1. The lowest BCUT2D eigenvalue weighted by Crippen LogP contribution is -2.13. The number of hydrogen-bond donors (Lipinski definition) is 0. The smallest absolute Gasteiger partial charge is 0.350 e. The Labute approximate surface area is 162 Å². The van der Waals surface area contributed by atoms with Crippen LogP contribution in [0.25, 0.3) is 16.9 Å². The number of aromatic nitrogens is 2. The van der Waals surface area contributed by atoms with E-state index in [9.17, 15) is 13.2 Å². The third-order valence-corrected chi connectivity index (χ3v) is 7.11. The molecule has 0 spiro atoms. The maximum absolute atomic E-state index is 12.8. The summed E-state index contributed by atoms with van der Waals surface area (Å²) in [6.07, 6.45) is 0.485. The number of benzene rings is 1. The van der Waals surface area contributed by atoms with E-state index in [1.54, 1.807) is 6.92 Å². The van der Waals surface area contributed by atoms with Crippen molar-refractivity contribution in [3.63, 3.8) is 0 Å². The molecule has 0 amide bonds. The van der Waals surface area contributed by atoms with E-state index < -0.39 is 15.8 Å². The molecule has 0 fully saturated rings. The molecule has 0 saturated heterocycles. The first-order chi connectivity index (χ1) is 12.9. The number of carbonyl (C=O) groups is 1. The molecule has 1 aromatic carbocycles. The van der Waals surface area contributed by atoms with Gasteiger partial charge in [-0.25, -0.2) is 17.9 Å². The molecule has 0 unspecified atom stereocenters. The number of nitrogens with zero attached hydrogens (tertiary/aromatic N) is 2. The number of carbonyl (C=O) groups excluding carboxylic acids is 1. The van der Waals surface area contributed by atoms with Crippen molar-refractivity contribution in [1.29, 1.82) is 0 Å². The summed E-state index contributed by atoms with van der Waals surface area (Å²) >= 11 is 1.06. The summed E-state index contributed by atoms with van der Waals surface area (Å²) in [6.45, 7) is 3.63. The molecule has 0 atom stereocenters. The average molecular weight is 405 g/mol. The normalized spacial score (nSPS) is 11.5. The van der Waals surface area contributed by atoms with E-state index in [-0.39, 0.29) is 21.2 Å². The first-order valence-electron chi connectivity index (χ1n) is 8.44. The molecule has 0 N–H and O–H groups in total. The van der Waals surface area contributed by atoms with E-state index in [2.05, 4.69) is 5.10 Å². The van der Waals surface area contributed by atoms with Gasteiger partial charge < -0.3 is 4.74 Å². The van der Waals surface area contributed by atoms with Crippen LogP contribution in [0.4, 0.5) is 0 Å². The minimum Gasteiger partial charge on any atom is -0.465 e. The van der Waals surface area contributed by atoms with Crippen LogP contribution in [0.3, 0.4) is 0 Å². The van der Waals surface area contributed by atoms with Crippen molar-refractivity contribution in [2.45, 2.75) is 25.2 Å². The topological polar surface area (TPSA) is 78.3 Å². The van der Waals surface area contributed by atoms with Gasteiger partial charge in [0.15, 0.2) is 9.84 Å². The molecular formula is C19H20N2O4S2. The summed E-state index contributed by atoms with van der Waals surface area (Å²) in [7, 11) is -2.27. The van der Waals surface area contributed by atoms with Gasteiger partial charge in [0.25, 0.3) is 0 Å². The molecule has 0 saturated carbocycles. The Bertz CT molecular complexity index is 1070. The molecular weight excluding hydrogens is 384 g/mol. The Kier molecular flexibility index (Phi) is 5.48. The highest BCUT2D eigenvalue weighted by atomic mass is 32.2. The fraction of sp³-hybridized carbons (Fsp3) is 0.263. The predicted octanol–water partition coefficient (Wildman–Crippen LogP) is 3.88. The van der Waals surface area contributed by atoms with Crippen molar-refractivity contribution >= 4 is 27.1 Å². The molecule has 3 rings (SSSR count). The van der Waals surface area contributed by atoms with Crippen LogP contribution in [0.1, 0.15) is 28.7 Å². The SMILES string of the molecule is CCCS(=O)(=O)c1csc(C(=O)OC)c1-n1nc(-c2ccccc2)cc1C. The van der Waals surface area contributed by atoms with Crippen LogP contribution in [-0.2, 0) is 14.6 Å². The monoisotopic (exact) mass is 404 g/mol. The molecule has 8 heteroatoms. The Balaban J connectivity index is 2.23. The highest BCUT2D eigenvalue weighted by Gasteiger charge is 2.29. The second-order valence-corrected chi connectivity index (χ2v) is 8.99. The van der Waals surface area contributed by atoms with Gasteiger partial charge in [0.05, 0.1) is 18.6 Å². The molecule has 6 nitrogen and oxygen atoms in total. The zero-order valence-electron chi connectivity index (χ0n) is 15.3. The molecule has 0 bridgehead atoms. The number of hydrogen-bond acceptors (Lipinski definition) is 6. The Morgan fingerprint density at radius 1 is 1.26 bits per heavy atom. The summed E-state index contributed by atoms with van der Waals surface area (Å²) < 4.78 is 31.9. The summed E-state index contributed by atoms with van der Waals surface area (Å²) in [5.41, 5.74) is 2.60. The molecule has 0 aliphatic rings. The van der Waals surface area contributed by atoms with Crippen LogP contribution in [0, 0.1) is 6.92 Å². The largest absolute Gasteiger partial charge is 0.465 e. The zero-order valence-corrected chi connectivity index (χ0v) is 16.9. The lowest BCUT2D eigenvalue weighted by Gasteiger charge is -2.09. The molecule has 27 heavy (non-hydrogen) atoms. The Morgan fingerprint density at radius 2 is 1.96 bits per heavy atom. The van der Waals surface area contributed by atoms with Gasteiger partial charge in [-0.05, 0) is 19.4 Å². The molecule has 2 heterocycles. The molecule has 3 aromatic rings. The van der Waals surface area contributed by atoms with Crippen LogP contribution in [0.15, 0.2) is 46.7 Å². The van der Waals surface area contributed by atoms with E-state index in [4.69, 9.17) is 4.74 Å². The highest BCUT2D eigenvalue weighted by molar-refractivity contribution is 7.91. The predicted molar refractivity (Wildman–Crippen MR) is 105 cm³/mol. The van der Waals surface area contributed by atoms with Crippen LogP contribution in [0.5, 0.6) is 0 Å². The Hall–Kier alpha value is -2.45. The fourth-order valence-electron chi connectivity index (χ4n) is 2.82. The van der Waals surface area contributed by atoms with Crippen molar-refractivity contribution in [3.8, 4) is 16.9 Å². The van der Waals surface area contributed by atoms with Crippen LogP contribution in [-0.4, -0.2) is 37.0 Å². The van der Waals surface area contributed by atoms with Gasteiger partial charge in [-0.1, -0.05) is 37.3 Å². The van der Waals surface area contributed by atoms with Gasteiger partial charge in [-0.15, -0.1) is 11.3 Å². The second kappa shape index (κ2) is 7.66. The van der Waals surface area contributed by atoms with E-state index in [0.717, 1.165) is 22.6 Å². The van der Waals surface area contributed by atoms with Crippen molar-refractivity contribution in [3.05, 3.63) is 52.3 Å². The number of esters is 1. The van der Waals surface area contributed by atoms with E-state index in [1.165, 1.54) is 17.2 Å². The average Bonchev–Trinajstić information content (AvgIpc) is 3.25. The van der Waals surface area contributed by atoms with Gasteiger partial charge in [0.2, 0.25) is 0 Å². The third kappa shape index (κ3) is 3.68. The number of sulfone groups is 1. The van der Waals surface area contributed by atoms with Gasteiger partial charge in [0.1, 0.15) is 15.5 Å². The van der Waals surface area contributed by atoms with E-state index in [0.29, 0.717) is 12.1 Å². The summed E-state index contributed by atoms with van der Waals surface area (Å²) in [4.78, 5) is 12.6. The summed E-state index contributed by atoms with van der Waals surface area (Å²) in [6, 6.07) is 11.4.